The maximum atomic E-state index is 12.0. The van der Waals surface area contributed by atoms with E-state index >= 15 is 0 Å². The topological polar surface area (TPSA) is 99.8 Å². The number of para-hydroxylation sites is 1. The van der Waals surface area contributed by atoms with Gasteiger partial charge in [0.05, 0.1) is 5.56 Å². The number of benzene rings is 1. The number of aliphatic carboxylic acids is 1. The molecule has 0 fully saturated rings. The van der Waals surface area contributed by atoms with Crippen LogP contribution in [0.15, 0.2) is 34.9 Å². The number of nitrogens with one attached hydrogen (secondary N) is 1. The number of rotatable bonds is 5. The first kappa shape index (κ1) is 13.1. The van der Waals surface area contributed by atoms with Crippen LogP contribution in [0, 0.1) is 0 Å². The number of hydrogen-bond donors (Lipinski definition) is 3. The molecule has 0 unspecified atom stereocenters. The number of aliphatic hydroxyl groups excluding tert-OH is 1. The number of hydrogen-bond acceptors (Lipinski definition) is 4. The molecule has 0 aliphatic carbocycles. The molecule has 1 amide bonds. The summed E-state index contributed by atoms with van der Waals surface area (Å²) in [6.45, 7) is -0.316. The standard InChI is InChI=1S/C13H13NO5/c15-6-5-10(13(17)18)14-12(16)9-7-19-11-4-2-1-3-8(9)11/h1-4,7,10,15H,5-6H2,(H,14,16)(H,17,18)/t10-/m1/s1. The average molecular weight is 263 g/mol. The van der Waals surface area contributed by atoms with Crippen LogP contribution in [0.3, 0.4) is 0 Å². The third kappa shape index (κ3) is 2.74. The largest absolute Gasteiger partial charge is 0.480 e. The maximum absolute atomic E-state index is 12.0. The quantitative estimate of drug-likeness (QED) is 0.747. The van der Waals surface area contributed by atoms with Gasteiger partial charge >= 0.3 is 5.97 Å². The normalized spacial score (nSPS) is 12.3. The van der Waals surface area contributed by atoms with E-state index in [0.29, 0.717) is 11.0 Å². The molecule has 3 N–H and O–H groups in total. The van der Waals surface area contributed by atoms with Gasteiger partial charge in [0.1, 0.15) is 17.9 Å². The Hall–Kier alpha value is -2.34. The molecule has 0 bridgehead atoms. The zero-order valence-corrected chi connectivity index (χ0v) is 10.00. The summed E-state index contributed by atoms with van der Waals surface area (Å²) in [6.07, 6.45) is 1.24. The van der Waals surface area contributed by atoms with E-state index in [0.717, 1.165) is 0 Å². The van der Waals surface area contributed by atoms with Gasteiger partial charge in [-0.15, -0.1) is 0 Å². The lowest BCUT2D eigenvalue weighted by Gasteiger charge is -2.12. The van der Waals surface area contributed by atoms with Crippen molar-refractivity contribution in [3.05, 3.63) is 36.1 Å². The highest BCUT2D eigenvalue weighted by Gasteiger charge is 2.22. The van der Waals surface area contributed by atoms with Crippen LogP contribution in [0.4, 0.5) is 0 Å². The molecule has 100 valence electrons. The molecule has 6 heteroatoms. The van der Waals surface area contributed by atoms with Crippen molar-refractivity contribution in [2.75, 3.05) is 6.61 Å². The molecule has 0 aliphatic heterocycles. The highest BCUT2D eigenvalue weighted by atomic mass is 16.4. The summed E-state index contributed by atoms with van der Waals surface area (Å²) in [7, 11) is 0. The van der Waals surface area contributed by atoms with E-state index in [2.05, 4.69) is 5.32 Å². The molecule has 6 nitrogen and oxygen atoms in total. The van der Waals surface area contributed by atoms with Crippen LogP contribution in [-0.4, -0.2) is 34.7 Å². The molecule has 2 rings (SSSR count). The summed E-state index contributed by atoms with van der Waals surface area (Å²) >= 11 is 0. The van der Waals surface area contributed by atoms with Crippen LogP contribution in [-0.2, 0) is 4.79 Å². The van der Waals surface area contributed by atoms with Crippen molar-refractivity contribution in [2.45, 2.75) is 12.5 Å². The Bertz CT molecular complexity index is 604. The first-order valence-corrected chi connectivity index (χ1v) is 5.74. The number of carboxylic acid groups (broad SMARTS) is 1. The molecule has 1 heterocycles. The Balaban J connectivity index is 2.22. The van der Waals surface area contributed by atoms with Crippen molar-refractivity contribution in [3.63, 3.8) is 0 Å². The van der Waals surface area contributed by atoms with Gasteiger partial charge in [-0.2, -0.15) is 0 Å². The van der Waals surface area contributed by atoms with Crippen LogP contribution in [0.2, 0.25) is 0 Å². The summed E-state index contributed by atoms with van der Waals surface area (Å²) in [5.41, 5.74) is 0.835. The van der Waals surface area contributed by atoms with Gasteiger partial charge in [0, 0.05) is 18.4 Å². The monoisotopic (exact) mass is 263 g/mol. The molecule has 1 aromatic heterocycles. The van der Waals surface area contributed by atoms with Gasteiger partial charge in [-0.05, 0) is 6.07 Å². The van der Waals surface area contributed by atoms with Crippen molar-refractivity contribution in [2.24, 2.45) is 0 Å². The first-order chi connectivity index (χ1) is 9.13. The Morgan fingerprint density at radius 3 is 2.74 bits per heavy atom. The predicted molar refractivity (Wildman–Crippen MR) is 66.8 cm³/mol. The van der Waals surface area contributed by atoms with E-state index in [4.69, 9.17) is 14.6 Å². The Kier molecular flexibility index (Phi) is 3.82. The van der Waals surface area contributed by atoms with Crippen LogP contribution >= 0.6 is 0 Å². The molecule has 0 saturated carbocycles. The SMILES string of the molecule is O=C(N[C@H](CCO)C(=O)O)c1coc2ccccc12. The van der Waals surface area contributed by atoms with Crippen LogP contribution in [0.1, 0.15) is 16.8 Å². The fourth-order valence-corrected chi connectivity index (χ4v) is 1.78. The lowest BCUT2D eigenvalue weighted by Crippen LogP contribution is -2.41. The average Bonchev–Trinajstić information content (AvgIpc) is 2.81. The maximum Gasteiger partial charge on any atom is 0.326 e. The summed E-state index contributed by atoms with van der Waals surface area (Å²) < 4.78 is 5.21. The minimum absolute atomic E-state index is 0.0448. The molecule has 1 aromatic carbocycles. The van der Waals surface area contributed by atoms with Crippen molar-refractivity contribution in [1.82, 2.24) is 5.32 Å². The van der Waals surface area contributed by atoms with Gasteiger partial charge in [0.2, 0.25) is 0 Å². The van der Waals surface area contributed by atoms with Crippen molar-refractivity contribution in [3.8, 4) is 0 Å². The van der Waals surface area contributed by atoms with E-state index in [-0.39, 0.29) is 18.6 Å². The van der Waals surface area contributed by atoms with Crippen LogP contribution in [0.25, 0.3) is 11.0 Å². The van der Waals surface area contributed by atoms with E-state index in [1.807, 2.05) is 0 Å². The lowest BCUT2D eigenvalue weighted by molar-refractivity contribution is -0.139. The highest BCUT2D eigenvalue weighted by Crippen LogP contribution is 2.20. The van der Waals surface area contributed by atoms with Gasteiger partial charge in [0.25, 0.3) is 5.91 Å². The van der Waals surface area contributed by atoms with Crippen LogP contribution in [0.5, 0.6) is 0 Å². The van der Waals surface area contributed by atoms with Crippen molar-refractivity contribution < 1.29 is 24.2 Å². The Labute approximate surface area is 108 Å². The number of carbonyl (C=O) groups is 2. The third-order valence-corrected chi connectivity index (χ3v) is 2.75. The van der Waals surface area contributed by atoms with Crippen molar-refractivity contribution >= 4 is 22.8 Å². The zero-order chi connectivity index (χ0) is 13.8. The molecule has 0 aliphatic rings. The van der Waals surface area contributed by atoms with E-state index < -0.39 is 17.9 Å². The summed E-state index contributed by atoms with van der Waals surface area (Å²) in [4.78, 5) is 22.9. The fraction of sp³-hybridized carbons (Fsp3) is 0.231. The highest BCUT2D eigenvalue weighted by molar-refractivity contribution is 6.06. The van der Waals surface area contributed by atoms with Gasteiger partial charge < -0.3 is 19.9 Å². The number of furan rings is 1. The lowest BCUT2D eigenvalue weighted by atomic mass is 10.1. The zero-order valence-electron chi connectivity index (χ0n) is 10.00. The number of carbonyl (C=O) groups excluding carboxylic acids is 1. The second-order valence-corrected chi connectivity index (χ2v) is 4.02. The van der Waals surface area contributed by atoms with Crippen LogP contribution < -0.4 is 5.32 Å². The summed E-state index contributed by atoms with van der Waals surface area (Å²) in [5.74, 6) is -1.72. The molecule has 2 aromatic rings. The minimum Gasteiger partial charge on any atom is -0.480 e. The molecular formula is C13H13NO5. The minimum atomic E-state index is -1.18. The van der Waals surface area contributed by atoms with E-state index in [1.165, 1.54) is 6.26 Å². The number of amides is 1. The Morgan fingerprint density at radius 1 is 1.32 bits per heavy atom. The number of carboxylic acids is 1. The van der Waals surface area contributed by atoms with E-state index in [9.17, 15) is 9.59 Å². The third-order valence-electron chi connectivity index (χ3n) is 2.75. The predicted octanol–water partition coefficient (Wildman–Crippen LogP) is 0.998. The number of aliphatic hydroxyl groups is 1. The second kappa shape index (κ2) is 5.53. The molecular weight excluding hydrogens is 250 g/mol. The number of fused-ring (bicyclic) bond motifs is 1. The first-order valence-electron chi connectivity index (χ1n) is 5.74. The van der Waals surface area contributed by atoms with Gasteiger partial charge in [0.15, 0.2) is 0 Å². The molecule has 1 atom stereocenters. The molecule has 19 heavy (non-hydrogen) atoms. The Morgan fingerprint density at radius 2 is 2.05 bits per heavy atom. The van der Waals surface area contributed by atoms with Crippen molar-refractivity contribution in [1.29, 1.82) is 0 Å². The summed E-state index contributed by atoms with van der Waals surface area (Å²) in [6, 6.07) is 5.85. The smallest absolute Gasteiger partial charge is 0.326 e. The van der Waals surface area contributed by atoms with Gasteiger partial charge in [-0.25, -0.2) is 4.79 Å². The van der Waals surface area contributed by atoms with E-state index in [1.54, 1.807) is 24.3 Å². The molecule has 0 spiro atoms. The summed E-state index contributed by atoms with van der Waals surface area (Å²) in [5, 5.41) is 20.7. The van der Waals surface area contributed by atoms with Gasteiger partial charge in [-0.3, -0.25) is 4.79 Å². The fourth-order valence-electron chi connectivity index (χ4n) is 1.78. The molecule has 0 saturated heterocycles. The van der Waals surface area contributed by atoms with Gasteiger partial charge in [-0.1, -0.05) is 18.2 Å². The molecule has 0 radical (unpaired) electrons. The second-order valence-electron chi connectivity index (χ2n) is 4.02.